The molecule has 2 fully saturated rings. The number of benzene rings is 1. The van der Waals surface area contributed by atoms with E-state index in [1.165, 1.54) is 36.8 Å². The van der Waals surface area contributed by atoms with E-state index in [-0.39, 0.29) is 27.9 Å². The molecule has 1 spiro atoms. The summed E-state index contributed by atoms with van der Waals surface area (Å²) in [6, 6.07) is 5.02. The Morgan fingerprint density at radius 2 is 2.03 bits per heavy atom. The van der Waals surface area contributed by atoms with E-state index in [9.17, 15) is 9.59 Å². The molecular formula is C22H27ClN6O3S. The van der Waals surface area contributed by atoms with E-state index < -0.39 is 11.7 Å². The van der Waals surface area contributed by atoms with Gasteiger partial charge in [0.1, 0.15) is 10.8 Å². The number of anilines is 2. The molecule has 1 aromatic carbocycles. The topological polar surface area (TPSA) is 128 Å². The van der Waals surface area contributed by atoms with E-state index in [1.54, 1.807) is 18.3 Å². The van der Waals surface area contributed by atoms with Crippen molar-refractivity contribution < 1.29 is 14.3 Å². The van der Waals surface area contributed by atoms with Gasteiger partial charge in [0.25, 0.3) is 11.7 Å². The third-order valence-electron chi connectivity index (χ3n) is 6.32. The first-order valence-corrected chi connectivity index (χ1v) is 11.8. The van der Waals surface area contributed by atoms with Crippen LogP contribution in [0.1, 0.15) is 23.2 Å². The fourth-order valence-electron chi connectivity index (χ4n) is 4.17. The van der Waals surface area contributed by atoms with Gasteiger partial charge in [0, 0.05) is 49.1 Å². The standard InChI is InChI=1S/C22H27ClN6O3S/c1-28(2)21(31)18(30)13-4-3-5-14(17(13)23)33-20-19(25)27-16(10-26-20)29-8-6-22(7-9-29)12-32-11-15(22)24/h3-5,10,15H,6-9,11-12,24H2,1-2H3,(H2,25,27). The van der Waals surface area contributed by atoms with Gasteiger partial charge in [0.2, 0.25) is 0 Å². The van der Waals surface area contributed by atoms with Gasteiger partial charge in [-0.15, -0.1) is 0 Å². The molecule has 1 aromatic heterocycles. The summed E-state index contributed by atoms with van der Waals surface area (Å²) in [6.07, 6.45) is 3.57. The minimum atomic E-state index is -0.669. The quantitative estimate of drug-likeness (QED) is 0.478. The van der Waals surface area contributed by atoms with Crippen molar-refractivity contribution in [3.8, 4) is 0 Å². The Hall–Kier alpha value is -2.40. The molecule has 0 aliphatic carbocycles. The Balaban J connectivity index is 1.48. The van der Waals surface area contributed by atoms with Crippen LogP contribution in [0.25, 0.3) is 0 Å². The molecule has 0 radical (unpaired) electrons. The highest BCUT2D eigenvalue weighted by Gasteiger charge is 2.44. The number of nitrogen functional groups attached to an aromatic ring is 1. The van der Waals surface area contributed by atoms with Crippen LogP contribution in [0.3, 0.4) is 0 Å². The molecule has 4 N–H and O–H groups in total. The van der Waals surface area contributed by atoms with E-state index in [1.807, 2.05) is 0 Å². The summed E-state index contributed by atoms with van der Waals surface area (Å²) < 4.78 is 5.59. The summed E-state index contributed by atoms with van der Waals surface area (Å²) in [4.78, 5) is 37.5. The Labute approximate surface area is 201 Å². The number of aromatic nitrogens is 2. The first-order chi connectivity index (χ1) is 15.7. The van der Waals surface area contributed by atoms with Crippen LogP contribution in [0.4, 0.5) is 11.6 Å². The smallest absolute Gasteiger partial charge is 0.294 e. The van der Waals surface area contributed by atoms with Gasteiger partial charge in [-0.05, 0) is 25.0 Å². The number of carbonyl (C=O) groups is 2. The molecular weight excluding hydrogens is 464 g/mol. The second-order valence-corrected chi connectivity index (χ2v) is 10.0. The van der Waals surface area contributed by atoms with Crippen molar-refractivity contribution >= 4 is 46.7 Å². The maximum absolute atomic E-state index is 12.5. The first-order valence-electron chi connectivity index (χ1n) is 10.6. The molecule has 3 heterocycles. The second kappa shape index (κ2) is 9.46. The SMILES string of the molecule is CN(C)C(=O)C(=O)c1cccc(Sc2ncc(N3CCC4(CC3)COCC4N)nc2N)c1Cl. The van der Waals surface area contributed by atoms with Crippen LogP contribution in [-0.2, 0) is 9.53 Å². The number of Topliss-reactive ketones (excluding diaryl/α,β-unsaturated/α-hetero) is 1. The van der Waals surface area contributed by atoms with E-state index in [0.717, 1.165) is 25.9 Å². The van der Waals surface area contributed by atoms with Crippen LogP contribution in [0.2, 0.25) is 5.02 Å². The van der Waals surface area contributed by atoms with Gasteiger partial charge in [-0.1, -0.05) is 29.4 Å². The predicted molar refractivity (Wildman–Crippen MR) is 128 cm³/mol. The Morgan fingerprint density at radius 1 is 1.30 bits per heavy atom. The molecule has 33 heavy (non-hydrogen) atoms. The summed E-state index contributed by atoms with van der Waals surface area (Å²) in [6.45, 7) is 2.96. The number of ketones is 1. The van der Waals surface area contributed by atoms with Gasteiger partial charge in [-0.2, -0.15) is 0 Å². The lowest BCUT2D eigenvalue weighted by Gasteiger charge is -2.41. The van der Waals surface area contributed by atoms with Gasteiger partial charge < -0.3 is 26.0 Å². The highest BCUT2D eigenvalue weighted by atomic mass is 35.5. The highest BCUT2D eigenvalue weighted by Crippen LogP contribution is 2.40. The number of likely N-dealkylation sites (N-methyl/N-ethyl adjacent to an activating group) is 1. The van der Waals surface area contributed by atoms with Crippen LogP contribution < -0.4 is 16.4 Å². The summed E-state index contributed by atoms with van der Waals surface area (Å²) >= 11 is 7.65. The van der Waals surface area contributed by atoms with Gasteiger partial charge >= 0.3 is 0 Å². The van der Waals surface area contributed by atoms with Crippen molar-refractivity contribution in [2.75, 3.05) is 51.0 Å². The van der Waals surface area contributed by atoms with Crippen LogP contribution in [-0.4, -0.2) is 73.0 Å². The number of hydrogen-bond donors (Lipinski definition) is 2. The third-order valence-corrected chi connectivity index (χ3v) is 7.91. The number of hydrogen-bond acceptors (Lipinski definition) is 9. The number of rotatable bonds is 5. The normalized spacial score (nSPS) is 19.6. The van der Waals surface area contributed by atoms with Gasteiger partial charge in [0.15, 0.2) is 5.82 Å². The lowest BCUT2D eigenvalue weighted by atomic mass is 9.75. The number of piperidine rings is 1. The molecule has 1 atom stereocenters. The lowest BCUT2D eigenvalue weighted by Crippen LogP contribution is -2.49. The number of amides is 1. The number of halogens is 1. The largest absolute Gasteiger partial charge is 0.381 e. The minimum Gasteiger partial charge on any atom is -0.381 e. The molecule has 2 aliphatic rings. The van der Waals surface area contributed by atoms with Crippen LogP contribution in [0.15, 0.2) is 34.3 Å². The van der Waals surface area contributed by atoms with Crippen molar-refractivity contribution in [3.63, 3.8) is 0 Å². The number of nitrogens with zero attached hydrogens (tertiary/aromatic N) is 4. The Kier molecular flexibility index (Phi) is 6.81. The molecule has 1 amide bonds. The zero-order valence-electron chi connectivity index (χ0n) is 18.6. The van der Waals surface area contributed by atoms with Crippen molar-refractivity contribution in [1.82, 2.24) is 14.9 Å². The van der Waals surface area contributed by atoms with E-state index in [2.05, 4.69) is 14.9 Å². The maximum atomic E-state index is 12.5. The Bertz CT molecular complexity index is 1070. The van der Waals surface area contributed by atoms with Crippen LogP contribution >= 0.6 is 23.4 Å². The predicted octanol–water partition coefficient (Wildman–Crippen LogP) is 2.08. The molecule has 2 aromatic rings. The highest BCUT2D eigenvalue weighted by molar-refractivity contribution is 7.99. The third kappa shape index (κ3) is 4.65. The Morgan fingerprint density at radius 3 is 2.64 bits per heavy atom. The van der Waals surface area contributed by atoms with Gasteiger partial charge in [-0.25, -0.2) is 9.97 Å². The second-order valence-electron chi connectivity index (χ2n) is 8.64. The van der Waals surface area contributed by atoms with Crippen LogP contribution in [0, 0.1) is 5.41 Å². The number of carbonyl (C=O) groups excluding carboxylic acids is 2. The number of ether oxygens (including phenoxy) is 1. The maximum Gasteiger partial charge on any atom is 0.294 e. The van der Waals surface area contributed by atoms with E-state index >= 15 is 0 Å². The molecule has 1 unspecified atom stereocenters. The molecule has 176 valence electrons. The van der Waals surface area contributed by atoms with E-state index in [0.29, 0.717) is 29.0 Å². The molecule has 9 nitrogen and oxygen atoms in total. The van der Waals surface area contributed by atoms with Crippen molar-refractivity contribution in [1.29, 1.82) is 0 Å². The summed E-state index contributed by atoms with van der Waals surface area (Å²) in [7, 11) is 3.03. The molecule has 0 bridgehead atoms. The molecule has 2 saturated heterocycles. The van der Waals surface area contributed by atoms with E-state index in [4.69, 9.17) is 27.8 Å². The molecule has 2 aliphatic heterocycles. The minimum absolute atomic E-state index is 0.0540. The van der Waals surface area contributed by atoms with Gasteiger partial charge in [0.05, 0.1) is 24.4 Å². The lowest BCUT2D eigenvalue weighted by molar-refractivity contribution is -0.124. The fourth-order valence-corrected chi connectivity index (χ4v) is 5.31. The molecule has 4 rings (SSSR count). The van der Waals surface area contributed by atoms with Crippen molar-refractivity contribution in [2.45, 2.75) is 28.8 Å². The average Bonchev–Trinajstić information content (AvgIpc) is 3.15. The summed E-state index contributed by atoms with van der Waals surface area (Å²) in [5, 5.41) is 0.660. The molecule has 11 heteroatoms. The molecule has 0 saturated carbocycles. The zero-order chi connectivity index (χ0) is 23.8. The summed E-state index contributed by atoms with van der Waals surface area (Å²) in [5.74, 6) is -0.324. The average molecular weight is 491 g/mol. The fraction of sp³-hybridized carbons (Fsp3) is 0.455. The van der Waals surface area contributed by atoms with Crippen molar-refractivity contribution in [3.05, 3.63) is 35.0 Å². The first kappa shape index (κ1) is 23.7. The zero-order valence-corrected chi connectivity index (χ0v) is 20.2. The summed E-state index contributed by atoms with van der Waals surface area (Å²) in [5.41, 5.74) is 12.7. The van der Waals surface area contributed by atoms with Crippen molar-refractivity contribution in [2.24, 2.45) is 11.1 Å². The van der Waals surface area contributed by atoms with Gasteiger partial charge in [-0.3, -0.25) is 9.59 Å². The van der Waals surface area contributed by atoms with Crippen LogP contribution in [0.5, 0.6) is 0 Å². The number of nitrogens with two attached hydrogens (primary N) is 2. The monoisotopic (exact) mass is 490 g/mol.